The molecule has 10 nitrogen and oxygen atoms in total. The van der Waals surface area contributed by atoms with Gasteiger partial charge in [-0.15, -0.1) is 0 Å². The van der Waals surface area contributed by atoms with Crippen molar-refractivity contribution < 1.29 is 14.3 Å². The van der Waals surface area contributed by atoms with Crippen molar-refractivity contribution in [2.75, 3.05) is 61.6 Å². The quantitative estimate of drug-likeness (QED) is 0.228. The third kappa shape index (κ3) is 9.90. The molecule has 1 saturated carbocycles. The van der Waals surface area contributed by atoms with Gasteiger partial charge in [-0.25, -0.2) is 0 Å². The Bertz CT molecular complexity index is 1270. The van der Waals surface area contributed by atoms with Gasteiger partial charge in [-0.1, -0.05) is 74.6 Å². The van der Waals surface area contributed by atoms with Gasteiger partial charge < -0.3 is 30.3 Å². The fraction of sp³-hybridized carbons (Fsp3) is 0.515. The van der Waals surface area contributed by atoms with Gasteiger partial charge in [-0.2, -0.15) is 15.0 Å². The minimum Gasteiger partial charge on any atom is -0.377 e. The molecule has 0 spiro atoms. The number of carbonyl (C=O) groups excluding carboxylic acids is 1. The number of benzene rings is 2. The maximum atomic E-state index is 12.1. The van der Waals surface area contributed by atoms with Crippen molar-refractivity contribution in [1.29, 1.82) is 0 Å². The lowest BCUT2D eigenvalue weighted by Crippen LogP contribution is -2.32. The van der Waals surface area contributed by atoms with Crippen molar-refractivity contribution in [3.8, 4) is 0 Å². The molecule has 2 heterocycles. The van der Waals surface area contributed by atoms with Crippen molar-refractivity contribution in [2.24, 2.45) is 0 Å². The summed E-state index contributed by atoms with van der Waals surface area (Å²) in [4.78, 5) is 28.7. The van der Waals surface area contributed by atoms with Gasteiger partial charge in [0.05, 0.1) is 26.4 Å². The van der Waals surface area contributed by atoms with Crippen LogP contribution in [-0.2, 0) is 22.4 Å². The summed E-state index contributed by atoms with van der Waals surface area (Å²) < 4.78 is 11.3. The van der Waals surface area contributed by atoms with Crippen LogP contribution in [-0.4, -0.2) is 73.0 Å². The van der Waals surface area contributed by atoms with Crippen molar-refractivity contribution >= 4 is 23.8 Å². The zero-order valence-corrected chi connectivity index (χ0v) is 25.1. The number of hydrogen-bond donors (Lipinski definition) is 3. The fourth-order valence-corrected chi connectivity index (χ4v) is 5.58. The van der Waals surface area contributed by atoms with E-state index in [0.29, 0.717) is 69.0 Å². The smallest absolute Gasteiger partial charge is 0.251 e. The van der Waals surface area contributed by atoms with E-state index in [9.17, 15) is 4.79 Å². The lowest BCUT2D eigenvalue weighted by atomic mass is 9.97. The lowest BCUT2D eigenvalue weighted by Gasteiger charge is -2.29. The summed E-state index contributed by atoms with van der Waals surface area (Å²) in [7, 11) is 0. The van der Waals surface area contributed by atoms with E-state index in [2.05, 4.69) is 45.1 Å². The van der Waals surface area contributed by atoms with Crippen LogP contribution < -0.4 is 20.9 Å². The topological polar surface area (TPSA) is 114 Å². The Kier molecular flexibility index (Phi) is 12.0. The highest BCUT2D eigenvalue weighted by molar-refractivity contribution is 5.94. The second-order valence-corrected chi connectivity index (χ2v) is 11.2. The highest BCUT2D eigenvalue weighted by atomic mass is 16.5. The molecular formula is C33H45N7O3. The van der Waals surface area contributed by atoms with Crippen LogP contribution in [0.5, 0.6) is 0 Å². The molecule has 10 heteroatoms. The summed E-state index contributed by atoms with van der Waals surface area (Å²) in [5.41, 5.74) is 3.37. The van der Waals surface area contributed by atoms with Gasteiger partial charge >= 0.3 is 0 Å². The molecule has 3 aromatic rings. The molecule has 3 N–H and O–H groups in total. The Balaban J connectivity index is 1.07. The van der Waals surface area contributed by atoms with Crippen LogP contribution in [0.15, 0.2) is 54.6 Å². The number of nitrogens with zero attached hydrogens (tertiary/aromatic N) is 4. The number of hydrogen-bond acceptors (Lipinski definition) is 9. The third-order valence-corrected chi connectivity index (χ3v) is 7.94. The fourth-order valence-electron chi connectivity index (χ4n) is 5.58. The van der Waals surface area contributed by atoms with Crippen LogP contribution in [0.1, 0.15) is 66.4 Å². The molecule has 5 rings (SSSR count). The SMILES string of the molecule is O=C(NCCOCCOCCNc1nc(NC2CCCCCCC2)nc(N2CCc3ccccc3C2)n1)c1ccccc1. The van der Waals surface area contributed by atoms with E-state index < -0.39 is 0 Å². The van der Waals surface area contributed by atoms with E-state index in [1.807, 2.05) is 18.2 Å². The van der Waals surface area contributed by atoms with Crippen LogP contribution in [0.2, 0.25) is 0 Å². The van der Waals surface area contributed by atoms with Crippen molar-refractivity contribution in [3.05, 3.63) is 71.3 Å². The Morgan fingerprint density at radius 1 is 0.767 bits per heavy atom. The second kappa shape index (κ2) is 16.8. The molecule has 1 aliphatic heterocycles. The number of amides is 1. The first-order valence-electron chi connectivity index (χ1n) is 15.8. The molecule has 2 aromatic carbocycles. The summed E-state index contributed by atoms with van der Waals surface area (Å²) in [5, 5.41) is 9.83. The number of nitrogens with one attached hydrogen (secondary N) is 3. The molecule has 1 aliphatic carbocycles. The molecule has 1 fully saturated rings. The summed E-state index contributed by atoms with van der Waals surface area (Å²) in [5.74, 6) is 1.81. The Morgan fingerprint density at radius 2 is 1.44 bits per heavy atom. The van der Waals surface area contributed by atoms with E-state index >= 15 is 0 Å². The van der Waals surface area contributed by atoms with Crippen molar-refractivity contribution in [2.45, 2.75) is 64.0 Å². The van der Waals surface area contributed by atoms with E-state index in [4.69, 9.17) is 24.4 Å². The van der Waals surface area contributed by atoms with Crippen LogP contribution in [0.4, 0.5) is 17.8 Å². The summed E-state index contributed by atoms with van der Waals surface area (Å²) in [6.07, 6.45) is 9.71. The first-order valence-corrected chi connectivity index (χ1v) is 15.8. The summed E-state index contributed by atoms with van der Waals surface area (Å²) >= 11 is 0. The highest BCUT2D eigenvalue weighted by Crippen LogP contribution is 2.25. The molecule has 1 aromatic heterocycles. The van der Waals surface area contributed by atoms with Gasteiger partial charge in [-0.3, -0.25) is 4.79 Å². The molecule has 230 valence electrons. The molecule has 0 bridgehead atoms. The number of rotatable bonds is 14. The maximum Gasteiger partial charge on any atom is 0.251 e. The highest BCUT2D eigenvalue weighted by Gasteiger charge is 2.21. The van der Waals surface area contributed by atoms with Gasteiger partial charge in [0.25, 0.3) is 5.91 Å². The van der Waals surface area contributed by atoms with E-state index in [1.165, 1.54) is 43.2 Å². The number of anilines is 3. The standard InChI is InChI=1S/C33H45N7O3/c41-30(27-12-5-4-6-13-27)34-18-21-42-23-24-43-22-19-35-31-37-32(36-29-15-7-2-1-3-8-16-29)39-33(38-31)40-20-17-26-11-9-10-14-28(26)25-40/h4-6,9-14,29H,1-3,7-8,15-25H2,(H,34,41)(H2,35,36,37,38,39). The zero-order valence-electron chi connectivity index (χ0n) is 25.1. The van der Waals surface area contributed by atoms with Crippen LogP contribution >= 0.6 is 0 Å². The van der Waals surface area contributed by atoms with Gasteiger partial charge in [0.1, 0.15) is 0 Å². The van der Waals surface area contributed by atoms with Gasteiger partial charge in [0, 0.05) is 37.8 Å². The summed E-state index contributed by atoms with van der Waals surface area (Å²) in [6, 6.07) is 18.2. The predicted molar refractivity (Wildman–Crippen MR) is 170 cm³/mol. The van der Waals surface area contributed by atoms with Crippen LogP contribution in [0, 0.1) is 0 Å². The minimum atomic E-state index is -0.0961. The Hall–Kier alpha value is -3.76. The average Bonchev–Trinajstić information content (AvgIpc) is 3.03. The largest absolute Gasteiger partial charge is 0.377 e. The molecule has 0 radical (unpaired) electrons. The monoisotopic (exact) mass is 587 g/mol. The first kappa shape index (κ1) is 30.7. The molecular weight excluding hydrogens is 542 g/mol. The second-order valence-electron chi connectivity index (χ2n) is 11.2. The number of carbonyl (C=O) groups is 1. The van der Waals surface area contributed by atoms with Crippen LogP contribution in [0.25, 0.3) is 0 Å². The normalized spacial score (nSPS) is 15.7. The first-order chi connectivity index (χ1) is 21.2. The van der Waals surface area contributed by atoms with Gasteiger partial charge in [-0.05, 0) is 42.5 Å². The Labute approximate surface area is 255 Å². The zero-order chi connectivity index (χ0) is 29.5. The molecule has 1 amide bonds. The molecule has 0 atom stereocenters. The van der Waals surface area contributed by atoms with Crippen LogP contribution in [0.3, 0.4) is 0 Å². The molecule has 0 unspecified atom stereocenters. The predicted octanol–water partition coefficient (Wildman–Crippen LogP) is 4.83. The van der Waals surface area contributed by atoms with E-state index in [0.717, 1.165) is 32.4 Å². The average molecular weight is 588 g/mol. The van der Waals surface area contributed by atoms with E-state index in [-0.39, 0.29) is 5.91 Å². The number of ether oxygens (including phenoxy) is 2. The van der Waals surface area contributed by atoms with Gasteiger partial charge in [0.2, 0.25) is 17.8 Å². The molecule has 2 aliphatic rings. The van der Waals surface area contributed by atoms with Gasteiger partial charge in [0.15, 0.2) is 0 Å². The van der Waals surface area contributed by atoms with Crippen molar-refractivity contribution in [3.63, 3.8) is 0 Å². The summed E-state index contributed by atoms with van der Waals surface area (Å²) in [6.45, 7) is 4.56. The number of aromatic nitrogens is 3. The Morgan fingerprint density at radius 3 is 2.23 bits per heavy atom. The maximum absolute atomic E-state index is 12.1. The molecule has 0 saturated heterocycles. The lowest BCUT2D eigenvalue weighted by molar-refractivity contribution is 0.0519. The third-order valence-electron chi connectivity index (χ3n) is 7.94. The minimum absolute atomic E-state index is 0.0961. The van der Waals surface area contributed by atoms with E-state index in [1.54, 1.807) is 12.1 Å². The molecule has 43 heavy (non-hydrogen) atoms. The number of fused-ring (bicyclic) bond motifs is 1. The van der Waals surface area contributed by atoms with Crippen molar-refractivity contribution in [1.82, 2.24) is 20.3 Å².